The number of phenols is 1. The minimum absolute atomic E-state index is 0.140. The lowest BCUT2D eigenvalue weighted by Gasteiger charge is -2.05. The van der Waals surface area contributed by atoms with E-state index in [1.54, 1.807) is 12.1 Å². The fraction of sp³-hybridized carbons (Fsp3) is 0.385. The van der Waals surface area contributed by atoms with Crippen LogP contribution in [-0.4, -0.2) is 16.7 Å². The van der Waals surface area contributed by atoms with Crippen LogP contribution < -0.4 is 5.43 Å². The molecular weight excluding hydrogens is 216 g/mol. The molecule has 0 aromatic heterocycles. The van der Waals surface area contributed by atoms with E-state index in [4.69, 9.17) is 5.11 Å². The van der Waals surface area contributed by atoms with Crippen LogP contribution in [0.3, 0.4) is 0 Å². The highest BCUT2D eigenvalue weighted by Crippen LogP contribution is 2.09. The minimum atomic E-state index is -0.270. The normalized spacial score (nSPS) is 11.6. The third kappa shape index (κ3) is 4.68. The topological polar surface area (TPSA) is 61.7 Å². The van der Waals surface area contributed by atoms with E-state index in [2.05, 4.69) is 24.4 Å². The third-order valence-electron chi connectivity index (χ3n) is 2.18. The Kier molecular flexibility index (Phi) is 4.69. The number of amides is 1. The SMILES string of the molecule is C/C(CC(C)C)=N\NC(=O)c1ccc(O)cc1. The first kappa shape index (κ1) is 13.2. The molecule has 1 aromatic rings. The largest absolute Gasteiger partial charge is 0.508 e. The second kappa shape index (κ2) is 6.03. The van der Waals surface area contributed by atoms with Gasteiger partial charge in [-0.05, 0) is 43.5 Å². The van der Waals surface area contributed by atoms with Crippen LogP contribution in [0.5, 0.6) is 5.75 Å². The number of aromatic hydroxyl groups is 1. The Morgan fingerprint density at radius 1 is 1.35 bits per heavy atom. The molecule has 0 fully saturated rings. The molecule has 1 amide bonds. The summed E-state index contributed by atoms with van der Waals surface area (Å²) >= 11 is 0. The van der Waals surface area contributed by atoms with Gasteiger partial charge in [0.05, 0.1) is 0 Å². The summed E-state index contributed by atoms with van der Waals surface area (Å²) in [5.74, 6) is 0.387. The first-order valence-electron chi connectivity index (χ1n) is 5.61. The molecule has 0 spiro atoms. The Morgan fingerprint density at radius 2 is 1.94 bits per heavy atom. The molecule has 4 heteroatoms. The van der Waals surface area contributed by atoms with Gasteiger partial charge < -0.3 is 5.11 Å². The Balaban J connectivity index is 2.58. The summed E-state index contributed by atoms with van der Waals surface area (Å²) in [6.45, 7) is 6.08. The van der Waals surface area contributed by atoms with Gasteiger partial charge in [-0.2, -0.15) is 5.10 Å². The number of nitrogens with zero attached hydrogens (tertiary/aromatic N) is 1. The van der Waals surface area contributed by atoms with Gasteiger partial charge in [0, 0.05) is 11.3 Å². The van der Waals surface area contributed by atoms with E-state index in [0.29, 0.717) is 11.5 Å². The number of phenolic OH excluding ortho intramolecular Hbond substituents is 1. The van der Waals surface area contributed by atoms with Crippen molar-refractivity contribution in [2.45, 2.75) is 27.2 Å². The van der Waals surface area contributed by atoms with Crippen molar-refractivity contribution in [2.24, 2.45) is 11.0 Å². The summed E-state index contributed by atoms with van der Waals surface area (Å²) in [7, 11) is 0. The van der Waals surface area contributed by atoms with Crippen molar-refractivity contribution in [2.75, 3.05) is 0 Å². The van der Waals surface area contributed by atoms with Crippen molar-refractivity contribution in [3.05, 3.63) is 29.8 Å². The molecular formula is C13H18N2O2. The van der Waals surface area contributed by atoms with E-state index in [0.717, 1.165) is 12.1 Å². The van der Waals surface area contributed by atoms with Gasteiger partial charge in [-0.1, -0.05) is 13.8 Å². The molecule has 92 valence electrons. The Morgan fingerprint density at radius 3 is 2.47 bits per heavy atom. The Hall–Kier alpha value is -1.84. The maximum atomic E-state index is 11.6. The second-order valence-electron chi connectivity index (χ2n) is 4.43. The van der Waals surface area contributed by atoms with Crippen LogP contribution in [0.1, 0.15) is 37.6 Å². The number of carbonyl (C=O) groups is 1. The Bertz CT molecular complexity index is 408. The molecule has 0 atom stereocenters. The molecule has 0 saturated heterocycles. The molecule has 0 heterocycles. The molecule has 0 saturated carbocycles. The maximum absolute atomic E-state index is 11.6. The van der Waals surface area contributed by atoms with Gasteiger partial charge in [-0.15, -0.1) is 0 Å². The molecule has 4 nitrogen and oxygen atoms in total. The number of hydrogen-bond donors (Lipinski definition) is 2. The highest BCUT2D eigenvalue weighted by atomic mass is 16.3. The van der Waals surface area contributed by atoms with Crippen molar-refractivity contribution in [3.8, 4) is 5.75 Å². The van der Waals surface area contributed by atoms with Crippen LogP contribution in [0.15, 0.2) is 29.4 Å². The van der Waals surface area contributed by atoms with Crippen LogP contribution in [0.2, 0.25) is 0 Å². The van der Waals surface area contributed by atoms with E-state index in [1.165, 1.54) is 12.1 Å². The first-order valence-corrected chi connectivity index (χ1v) is 5.61. The van der Waals surface area contributed by atoms with Gasteiger partial charge in [0.25, 0.3) is 5.91 Å². The molecule has 0 aliphatic heterocycles. The molecule has 0 unspecified atom stereocenters. The quantitative estimate of drug-likeness (QED) is 0.621. The lowest BCUT2D eigenvalue weighted by molar-refractivity contribution is 0.0954. The number of carbonyl (C=O) groups excluding carboxylic acids is 1. The smallest absolute Gasteiger partial charge is 0.271 e. The number of rotatable bonds is 4. The number of nitrogens with one attached hydrogen (secondary N) is 1. The monoisotopic (exact) mass is 234 g/mol. The van der Waals surface area contributed by atoms with Crippen LogP contribution in [-0.2, 0) is 0 Å². The zero-order chi connectivity index (χ0) is 12.8. The predicted molar refractivity (Wildman–Crippen MR) is 68.1 cm³/mol. The highest BCUT2D eigenvalue weighted by Gasteiger charge is 2.04. The second-order valence-corrected chi connectivity index (χ2v) is 4.43. The highest BCUT2D eigenvalue weighted by molar-refractivity contribution is 5.95. The summed E-state index contributed by atoms with van der Waals surface area (Å²) in [6, 6.07) is 6.05. The molecule has 0 aliphatic carbocycles. The van der Waals surface area contributed by atoms with Crippen LogP contribution in [0.4, 0.5) is 0 Å². The van der Waals surface area contributed by atoms with Gasteiger partial charge in [0.2, 0.25) is 0 Å². The van der Waals surface area contributed by atoms with Crippen molar-refractivity contribution >= 4 is 11.6 Å². The van der Waals surface area contributed by atoms with Gasteiger partial charge >= 0.3 is 0 Å². The predicted octanol–water partition coefficient (Wildman–Crippen LogP) is 2.54. The van der Waals surface area contributed by atoms with Crippen molar-refractivity contribution in [1.82, 2.24) is 5.43 Å². The Labute approximate surface area is 101 Å². The number of hydrazone groups is 1. The third-order valence-corrected chi connectivity index (χ3v) is 2.18. The molecule has 2 N–H and O–H groups in total. The minimum Gasteiger partial charge on any atom is -0.508 e. The molecule has 1 aromatic carbocycles. The van der Waals surface area contributed by atoms with Crippen LogP contribution in [0, 0.1) is 5.92 Å². The lowest BCUT2D eigenvalue weighted by atomic mass is 10.1. The van der Waals surface area contributed by atoms with Crippen molar-refractivity contribution in [3.63, 3.8) is 0 Å². The fourth-order valence-corrected chi connectivity index (χ4v) is 1.46. The summed E-state index contributed by atoms with van der Waals surface area (Å²) in [4.78, 5) is 11.6. The van der Waals surface area contributed by atoms with Crippen molar-refractivity contribution < 1.29 is 9.90 Å². The van der Waals surface area contributed by atoms with E-state index in [9.17, 15) is 4.79 Å². The standard InChI is InChI=1S/C13H18N2O2/c1-9(2)8-10(3)14-15-13(17)11-4-6-12(16)7-5-11/h4-7,9,16H,8H2,1-3H3,(H,15,17)/b14-10+. The molecule has 0 aliphatic rings. The van der Waals surface area contributed by atoms with Crippen molar-refractivity contribution in [1.29, 1.82) is 0 Å². The fourth-order valence-electron chi connectivity index (χ4n) is 1.46. The van der Waals surface area contributed by atoms with Crippen LogP contribution in [0.25, 0.3) is 0 Å². The van der Waals surface area contributed by atoms with E-state index < -0.39 is 0 Å². The summed E-state index contributed by atoms with van der Waals surface area (Å²) in [6.07, 6.45) is 0.857. The van der Waals surface area contributed by atoms with E-state index >= 15 is 0 Å². The molecule has 1 rings (SSSR count). The zero-order valence-electron chi connectivity index (χ0n) is 10.4. The first-order chi connectivity index (χ1) is 7.99. The van der Waals surface area contributed by atoms with Gasteiger partial charge in [-0.25, -0.2) is 5.43 Å². The van der Waals surface area contributed by atoms with Gasteiger partial charge in [0.15, 0.2) is 0 Å². The average molecular weight is 234 g/mol. The molecule has 17 heavy (non-hydrogen) atoms. The number of hydrogen-bond acceptors (Lipinski definition) is 3. The van der Waals surface area contributed by atoms with Gasteiger partial charge in [0.1, 0.15) is 5.75 Å². The molecule has 0 radical (unpaired) electrons. The van der Waals surface area contributed by atoms with Crippen LogP contribution >= 0.6 is 0 Å². The summed E-state index contributed by atoms with van der Waals surface area (Å²) < 4.78 is 0. The van der Waals surface area contributed by atoms with Gasteiger partial charge in [-0.3, -0.25) is 4.79 Å². The van der Waals surface area contributed by atoms with E-state index in [-0.39, 0.29) is 11.7 Å². The molecule has 0 bridgehead atoms. The zero-order valence-corrected chi connectivity index (χ0v) is 10.4. The average Bonchev–Trinajstić information content (AvgIpc) is 2.26. The maximum Gasteiger partial charge on any atom is 0.271 e. The number of benzene rings is 1. The summed E-state index contributed by atoms with van der Waals surface area (Å²) in [5.41, 5.74) is 3.86. The summed E-state index contributed by atoms with van der Waals surface area (Å²) in [5, 5.41) is 13.1. The lowest BCUT2D eigenvalue weighted by Crippen LogP contribution is -2.19. The van der Waals surface area contributed by atoms with E-state index in [1.807, 2.05) is 6.92 Å².